The minimum absolute atomic E-state index is 1.10. The first-order valence-corrected chi connectivity index (χ1v) is 9.25. The minimum atomic E-state index is 1.10. The highest BCUT2D eigenvalue weighted by molar-refractivity contribution is 4.94. The second kappa shape index (κ2) is 4.71. The average Bonchev–Trinajstić information content (AvgIpc) is 2.35. The van der Waals surface area contributed by atoms with Crippen molar-refractivity contribution >= 4 is 0 Å². The minimum Gasteiger partial charge on any atom is -0.303 e. The molecule has 0 N–H and O–H groups in total. The van der Waals surface area contributed by atoms with Gasteiger partial charge < -0.3 is 9.80 Å². The van der Waals surface area contributed by atoms with Gasteiger partial charge >= 0.3 is 0 Å². The second-order valence-electron chi connectivity index (χ2n) is 9.05. The SMILES string of the molecule is C1C2CC3CC1CN(C2)C3.C1C2CC3CC1CN(C2)C3. The van der Waals surface area contributed by atoms with Gasteiger partial charge in [-0.1, -0.05) is 0 Å². The van der Waals surface area contributed by atoms with E-state index in [2.05, 4.69) is 9.80 Å². The molecule has 0 aromatic heterocycles. The van der Waals surface area contributed by atoms with Crippen LogP contribution < -0.4 is 0 Å². The lowest BCUT2D eigenvalue weighted by Crippen LogP contribution is -2.53. The van der Waals surface area contributed by atoms with E-state index in [0.717, 1.165) is 35.5 Å². The quantitative estimate of drug-likeness (QED) is 0.670. The first kappa shape index (κ1) is 12.5. The highest BCUT2D eigenvalue weighted by Gasteiger charge is 2.41. The van der Waals surface area contributed by atoms with Gasteiger partial charge in [-0.25, -0.2) is 0 Å². The third-order valence-corrected chi connectivity index (χ3v) is 7.10. The van der Waals surface area contributed by atoms with Gasteiger partial charge in [0.1, 0.15) is 0 Å². The summed E-state index contributed by atoms with van der Waals surface area (Å²) in [7, 11) is 0. The van der Waals surface area contributed by atoms with Gasteiger partial charge in [0.15, 0.2) is 0 Å². The Morgan fingerprint density at radius 3 is 0.700 bits per heavy atom. The third kappa shape index (κ3) is 2.23. The fraction of sp³-hybridized carbons (Fsp3) is 1.00. The lowest BCUT2D eigenvalue weighted by Gasteiger charge is -2.51. The van der Waals surface area contributed by atoms with Gasteiger partial charge in [-0.15, -0.1) is 0 Å². The maximum Gasteiger partial charge on any atom is 0.00101 e. The van der Waals surface area contributed by atoms with Gasteiger partial charge in [0.2, 0.25) is 0 Å². The van der Waals surface area contributed by atoms with E-state index in [0.29, 0.717) is 0 Å². The van der Waals surface area contributed by atoms with Crippen molar-refractivity contribution in [2.45, 2.75) is 38.5 Å². The molecule has 8 aliphatic rings. The smallest absolute Gasteiger partial charge is 0.00101 e. The highest BCUT2D eigenvalue weighted by Crippen LogP contribution is 2.43. The molecule has 6 heterocycles. The maximum atomic E-state index is 2.69. The molecule has 20 heavy (non-hydrogen) atoms. The molecule has 112 valence electrons. The van der Waals surface area contributed by atoms with E-state index >= 15 is 0 Å². The molecule has 8 fully saturated rings. The Hall–Kier alpha value is -0.0800. The lowest BCUT2D eigenvalue weighted by atomic mass is 9.68. The fourth-order valence-corrected chi connectivity index (χ4v) is 6.94. The predicted octanol–water partition coefficient (Wildman–Crippen LogP) is 2.70. The van der Waals surface area contributed by atoms with Crippen molar-refractivity contribution in [1.29, 1.82) is 0 Å². The summed E-state index contributed by atoms with van der Waals surface area (Å²) < 4.78 is 0. The van der Waals surface area contributed by atoms with E-state index in [1.54, 1.807) is 38.5 Å². The van der Waals surface area contributed by atoms with Crippen molar-refractivity contribution in [2.24, 2.45) is 35.5 Å². The molecule has 8 rings (SSSR count). The van der Waals surface area contributed by atoms with E-state index in [4.69, 9.17) is 0 Å². The number of hydrogen-bond donors (Lipinski definition) is 0. The lowest BCUT2D eigenvalue weighted by molar-refractivity contribution is -0.0169. The molecule has 0 radical (unpaired) electrons. The van der Waals surface area contributed by atoms with Gasteiger partial charge in [-0.05, 0) is 74.0 Å². The van der Waals surface area contributed by atoms with Crippen LogP contribution in [-0.4, -0.2) is 49.1 Å². The average molecular weight is 274 g/mol. The van der Waals surface area contributed by atoms with Crippen molar-refractivity contribution in [2.75, 3.05) is 39.3 Å². The number of rotatable bonds is 0. The largest absolute Gasteiger partial charge is 0.303 e. The molecule has 8 bridgehead atoms. The Bertz CT molecular complexity index is 229. The standard InChI is InChI=1S/2C9H15N/c2*1-7-2-9-3-8(1)5-10(4-7)6-9/h2*7-9H,1-6H2. The molecule has 2 saturated carbocycles. The van der Waals surface area contributed by atoms with Crippen LogP contribution in [-0.2, 0) is 0 Å². The summed E-state index contributed by atoms with van der Waals surface area (Å²) in [5, 5.41) is 0. The number of piperidine rings is 6. The Morgan fingerprint density at radius 1 is 0.350 bits per heavy atom. The van der Waals surface area contributed by atoms with Gasteiger partial charge in [0.25, 0.3) is 0 Å². The van der Waals surface area contributed by atoms with Crippen LogP contribution >= 0.6 is 0 Å². The molecular weight excluding hydrogens is 244 g/mol. The Balaban J connectivity index is 0.0000000960. The van der Waals surface area contributed by atoms with Crippen LogP contribution in [0.2, 0.25) is 0 Å². The van der Waals surface area contributed by atoms with Crippen molar-refractivity contribution in [3.05, 3.63) is 0 Å². The molecule has 6 saturated heterocycles. The summed E-state index contributed by atoms with van der Waals surface area (Å²) in [6.45, 7) is 8.62. The molecular formula is C18H30N2. The van der Waals surface area contributed by atoms with Gasteiger partial charge in [-0.3, -0.25) is 0 Å². The summed E-state index contributed by atoms with van der Waals surface area (Å²) >= 11 is 0. The summed E-state index contributed by atoms with van der Waals surface area (Å²) in [4.78, 5) is 5.38. The highest BCUT2D eigenvalue weighted by atomic mass is 15.2. The molecule has 2 aliphatic carbocycles. The second-order valence-corrected chi connectivity index (χ2v) is 9.05. The van der Waals surface area contributed by atoms with Gasteiger partial charge in [0.05, 0.1) is 0 Å². The van der Waals surface area contributed by atoms with Crippen LogP contribution in [0.25, 0.3) is 0 Å². The topological polar surface area (TPSA) is 6.48 Å². The normalized spacial score (nSPS) is 57.6. The number of hydrogen-bond acceptors (Lipinski definition) is 2. The van der Waals surface area contributed by atoms with Crippen molar-refractivity contribution in [3.8, 4) is 0 Å². The third-order valence-electron chi connectivity index (χ3n) is 7.10. The van der Waals surface area contributed by atoms with E-state index in [1.807, 2.05) is 0 Å². The van der Waals surface area contributed by atoms with Crippen LogP contribution in [0.15, 0.2) is 0 Å². The van der Waals surface area contributed by atoms with E-state index in [9.17, 15) is 0 Å². The molecule has 0 spiro atoms. The molecule has 0 aromatic carbocycles. The Morgan fingerprint density at radius 2 is 0.550 bits per heavy atom. The van der Waals surface area contributed by atoms with Crippen LogP contribution in [0.5, 0.6) is 0 Å². The van der Waals surface area contributed by atoms with E-state index in [1.165, 1.54) is 39.3 Å². The molecule has 0 unspecified atom stereocenters. The maximum absolute atomic E-state index is 2.69. The van der Waals surface area contributed by atoms with Crippen molar-refractivity contribution < 1.29 is 0 Å². The van der Waals surface area contributed by atoms with E-state index in [-0.39, 0.29) is 0 Å². The Kier molecular flexibility index (Phi) is 2.93. The fourth-order valence-electron chi connectivity index (χ4n) is 6.94. The zero-order valence-corrected chi connectivity index (χ0v) is 12.8. The van der Waals surface area contributed by atoms with Crippen LogP contribution in [0, 0.1) is 35.5 Å². The zero-order chi connectivity index (χ0) is 13.1. The Labute approximate surface area is 123 Å². The molecule has 2 nitrogen and oxygen atoms in total. The molecule has 6 aliphatic heterocycles. The van der Waals surface area contributed by atoms with Crippen molar-refractivity contribution in [1.82, 2.24) is 9.80 Å². The van der Waals surface area contributed by atoms with Crippen LogP contribution in [0.1, 0.15) is 38.5 Å². The predicted molar refractivity (Wildman–Crippen MR) is 81.5 cm³/mol. The zero-order valence-electron chi connectivity index (χ0n) is 12.8. The summed E-state index contributed by atoms with van der Waals surface area (Å²) in [5.41, 5.74) is 0. The first-order chi connectivity index (χ1) is 9.80. The van der Waals surface area contributed by atoms with Gasteiger partial charge in [-0.2, -0.15) is 0 Å². The summed E-state index contributed by atoms with van der Waals surface area (Å²) in [5.74, 6) is 6.62. The van der Waals surface area contributed by atoms with Crippen molar-refractivity contribution in [3.63, 3.8) is 0 Å². The monoisotopic (exact) mass is 274 g/mol. The van der Waals surface area contributed by atoms with Gasteiger partial charge in [0, 0.05) is 39.3 Å². The molecule has 0 atom stereocenters. The summed E-state index contributed by atoms with van der Waals surface area (Å²) in [6.07, 6.45) is 9.38. The molecule has 0 aromatic rings. The first-order valence-electron chi connectivity index (χ1n) is 9.25. The van der Waals surface area contributed by atoms with Crippen LogP contribution in [0.3, 0.4) is 0 Å². The number of nitrogens with zero attached hydrogens (tertiary/aromatic N) is 2. The molecule has 0 amide bonds. The summed E-state index contributed by atoms with van der Waals surface area (Å²) in [6, 6.07) is 0. The van der Waals surface area contributed by atoms with E-state index < -0.39 is 0 Å². The van der Waals surface area contributed by atoms with Crippen LogP contribution in [0.4, 0.5) is 0 Å². The molecule has 2 heteroatoms.